The van der Waals surface area contributed by atoms with Gasteiger partial charge in [-0.2, -0.15) is 5.10 Å². The Morgan fingerprint density at radius 1 is 1.16 bits per heavy atom. The molecule has 0 spiro atoms. The van der Waals surface area contributed by atoms with Crippen LogP contribution in [0, 0.1) is 0 Å². The van der Waals surface area contributed by atoms with Gasteiger partial charge in [0.15, 0.2) is 12.4 Å². The molecule has 1 aromatic heterocycles. The molecule has 3 rings (SSSR count). The summed E-state index contributed by atoms with van der Waals surface area (Å²) in [4.78, 5) is 12.2. The van der Waals surface area contributed by atoms with Crippen LogP contribution in [-0.4, -0.2) is 27.9 Å². The van der Waals surface area contributed by atoms with E-state index in [0.29, 0.717) is 11.4 Å². The number of hydrogen-bond acceptors (Lipinski definition) is 5. The summed E-state index contributed by atoms with van der Waals surface area (Å²) >= 11 is 0. The van der Waals surface area contributed by atoms with Gasteiger partial charge in [-0.15, -0.1) is 0 Å². The highest BCUT2D eigenvalue weighted by molar-refractivity contribution is 6.02. The number of methoxy groups -OCH3 is 1. The summed E-state index contributed by atoms with van der Waals surface area (Å²) in [6.07, 6.45) is 1.65. The molecule has 7 heteroatoms. The molecule has 0 saturated heterocycles. The smallest absolute Gasteiger partial charge is 0.276 e. The number of anilines is 1. The lowest BCUT2D eigenvalue weighted by molar-refractivity contribution is 0.102. The molecule has 7 nitrogen and oxygen atoms in total. The van der Waals surface area contributed by atoms with Gasteiger partial charge >= 0.3 is 0 Å². The highest BCUT2D eigenvalue weighted by atomic mass is 16.5. The Kier molecular flexibility index (Phi) is 4.84. The Hall–Kier alpha value is -3.48. The fourth-order valence-electron chi connectivity index (χ4n) is 2.15. The third-order valence-corrected chi connectivity index (χ3v) is 3.40. The summed E-state index contributed by atoms with van der Waals surface area (Å²) in [6, 6.07) is 15.1. The van der Waals surface area contributed by atoms with Gasteiger partial charge in [0.1, 0.15) is 17.2 Å². The Morgan fingerprint density at radius 3 is 2.64 bits per heavy atom. The van der Waals surface area contributed by atoms with Crippen LogP contribution in [0.2, 0.25) is 0 Å². The van der Waals surface area contributed by atoms with Gasteiger partial charge in [-0.25, -0.2) is 4.68 Å². The predicted molar refractivity (Wildman–Crippen MR) is 91.9 cm³/mol. The highest BCUT2D eigenvalue weighted by Gasteiger charge is 2.10. The number of carbonyl (C=O) groups is 1. The zero-order valence-corrected chi connectivity index (χ0v) is 13.5. The number of phenolic OH excluding ortho intramolecular Hbond substituents is 1. The lowest BCUT2D eigenvalue weighted by Crippen LogP contribution is -2.14. The van der Waals surface area contributed by atoms with E-state index in [1.807, 2.05) is 0 Å². The zero-order valence-electron chi connectivity index (χ0n) is 13.5. The van der Waals surface area contributed by atoms with Crippen LogP contribution in [0.4, 0.5) is 5.69 Å². The quantitative estimate of drug-likeness (QED) is 0.721. The molecule has 0 bridgehead atoms. The van der Waals surface area contributed by atoms with Crippen LogP contribution in [0.15, 0.2) is 60.8 Å². The van der Waals surface area contributed by atoms with E-state index in [0.717, 1.165) is 5.75 Å². The molecule has 0 aliphatic rings. The number of carbonyl (C=O) groups excluding carboxylic acids is 1. The second kappa shape index (κ2) is 7.39. The van der Waals surface area contributed by atoms with Crippen LogP contribution < -0.4 is 14.8 Å². The number of hydrogen-bond donors (Lipinski definition) is 2. The lowest BCUT2D eigenvalue weighted by atomic mass is 10.3. The van der Waals surface area contributed by atoms with Gasteiger partial charge in [0, 0.05) is 18.0 Å². The van der Waals surface area contributed by atoms with Crippen LogP contribution in [0.5, 0.6) is 17.2 Å². The fraction of sp³-hybridized carbons (Fsp3) is 0.111. The fourth-order valence-corrected chi connectivity index (χ4v) is 2.15. The summed E-state index contributed by atoms with van der Waals surface area (Å²) in [7, 11) is 1.60. The maximum absolute atomic E-state index is 12.2. The first-order valence-electron chi connectivity index (χ1n) is 7.55. The molecule has 25 heavy (non-hydrogen) atoms. The SMILES string of the molecule is COc1ccc(OCn2ccc(C(=O)Nc3cccc(O)c3)n2)cc1. The molecule has 0 aliphatic heterocycles. The van der Waals surface area contributed by atoms with E-state index >= 15 is 0 Å². The second-order valence-electron chi connectivity index (χ2n) is 5.19. The minimum atomic E-state index is -0.367. The Balaban J connectivity index is 1.58. The van der Waals surface area contributed by atoms with E-state index in [4.69, 9.17) is 9.47 Å². The van der Waals surface area contributed by atoms with Gasteiger partial charge < -0.3 is 19.9 Å². The van der Waals surface area contributed by atoms with E-state index < -0.39 is 0 Å². The van der Waals surface area contributed by atoms with Crippen LogP contribution in [0.1, 0.15) is 10.5 Å². The van der Waals surface area contributed by atoms with E-state index in [1.165, 1.54) is 16.8 Å². The minimum Gasteiger partial charge on any atom is -0.508 e. The number of rotatable bonds is 6. The van der Waals surface area contributed by atoms with Crippen LogP contribution in [0.25, 0.3) is 0 Å². The van der Waals surface area contributed by atoms with Crippen LogP contribution >= 0.6 is 0 Å². The molecule has 128 valence electrons. The molecule has 0 saturated carbocycles. The summed E-state index contributed by atoms with van der Waals surface area (Å²) in [5, 5.41) is 16.3. The molecule has 2 aromatic carbocycles. The van der Waals surface area contributed by atoms with Gasteiger partial charge in [-0.1, -0.05) is 6.07 Å². The maximum atomic E-state index is 12.2. The number of amides is 1. The molecular formula is C18H17N3O4. The average Bonchev–Trinajstić information content (AvgIpc) is 3.09. The van der Waals surface area contributed by atoms with E-state index in [9.17, 15) is 9.90 Å². The number of nitrogens with zero attached hydrogens (tertiary/aromatic N) is 2. The number of benzene rings is 2. The molecule has 0 unspecified atom stereocenters. The third kappa shape index (κ3) is 4.29. The van der Waals surface area contributed by atoms with Crippen molar-refractivity contribution >= 4 is 11.6 Å². The van der Waals surface area contributed by atoms with E-state index in [-0.39, 0.29) is 24.1 Å². The first kappa shape index (κ1) is 16.4. The summed E-state index contributed by atoms with van der Waals surface area (Å²) in [6.45, 7) is 0.172. The molecule has 0 atom stereocenters. The molecule has 1 heterocycles. The van der Waals surface area contributed by atoms with Crippen molar-refractivity contribution in [1.82, 2.24) is 9.78 Å². The topological polar surface area (TPSA) is 85.6 Å². The maximum Gasteiger partial charge on any atom is 0.276 e. The van der Waals surface area contributed by atoms with Crippen molar-refractivity contribution in [3.8, 4) is 17.2 Å². The Morgan fingerprint density at radius 2 is 1.92 bits per heavy atom. The van der Waals surface area contributed by atoms with E-state index in [2.05, 4.69) is 10.4 Å². The molecule has 1 amide bonds. The van der Waals surface area contributed by atoms with Crippen molar-refractivity contribution in [3.05, 3.63) is 66.5 Å². The first-order chi connectivity index (χ1) is 12.1. The number of aromatic hydroxyl groups is 1. The van der Waals surface area contributed by atoms with Gasteiger partial charge in [-0.05, 0) is 42.5 Å². The molecule has 0 fully saturated rings. The van der Waals surface area contributed by atoms with Gasteiger partial charge in [0.05, 0.1) is 7.11 Å². The first-order valence-corrected chi connectivity index (χ1v) is 7.55. The Labute approximate surface area is 144 Å². The van der Waals surface area contributed by atoms with Crippen LogP contribution in [-0.2, 0) is 6.73 Å². The standard InChI is InChI=1S/C18H17N3O4/c1-24-15-5-7-16(8-6-15)25-12-21-10-9-17(20-21)18(23)19-13-3-2-4-14(22)11-13/h2-11,22H,12H2,1H3,(H,19,23). The normalized spacial score (nSPS) is 10.3. The number of nitrogens with one attached hydrogen (secondary N) is 1. The molecule has 3 aromatic rings. The van der Waals surface area contributed by atoms with Gasteiger partial charge in [0.25, 0.3) is 5.91 Å². The molecule has 0 aliphatic carbocycles. The van der Waals surface area contributed by atoms with Crippen molar-refractivity contribution in [2.24, 2.45) is 0 Å². The van der Waals surface area contributed by atoms with E-state index in [1.54, 1.807) is 55.8 Å². The van der Waals surface area contributed by atoms with Crippen molar-refractivity contribution in [2.75, 3.05) is 12.4 Å². The largest absolute Gasteiger partial charge is 0.508 e. The molecular weight excluding hydrogens is 322 g/mol. The zero-order chi connectivity index (χ0) is 17.6. The van der Waals surface area contributed by atoms with Crippen molar-refractivity contribution in [3.63, 3.8) is 0 Å². The minimum absolute atomic E-state index is 0.0798. The summed E-state index contributed by atoms with van der Waals surface area (Å²) in [5.41, 5.74) is 0.746. The van der Waals surface area contributed by atoms with Gasteiger partial charge in [-0.3, -0.25) is 4.79 Å². The van der Waals surface area contributed by atoms with Crippen molar-refractivity contribution in [2.45, 2.75) is 6.73 Å². The molecule has 0 radical (unpaired) electrons. The predicted octanol–water partition coefficient (Wildman–Crippen LogP) is 2.89. The molecule has 2 N–H and O–H groups in total. The average molecular weight is 339 g/mol. The van der Waals surface area contributed by atoms with Crippen molar-refractivity contribution < 1.29 is 19.4 Å². The summed E-state index contributed by atoms with van der Waals surface area (Å²) in [5.74, 6) is 1.13. The number of aromatic nitrogens is 2. The lowest BCUT2D eigenvalue weighted by Gasteiger charge is -2.07. The second-order valence-corrected chi connectivity index (χ2v) is 5.19. The van der Waals surface area contributed by atoms with Crippen LogP contribution in [0.3, 0.4) is 0 Å². The third-order valence-electron chi connectivity index (χ3n) is 3.40. The number of phenols is 1. The monoisotopic (exact) mass is 339 g/mol. The summed E-state index contributed by atoms with van der Waals surface area (Å²) < 4.78 is 12.2. The van der Waals surface area contributed by atoms with Crippen molar-refractivity contribution in [1.29, 1.82) is 0 Å². The Bertz CT molecular complexity index is 859. The highest BCUT2D eigenvalue weighted by Crippen LogP contribution is 2.18. The van der Waals surface area contributed by atoms with Gasteiger partial charge in [0.2, 0.25) is 0 Å². The number of ether oxygens (including phenoxy) is 2.